The number of hydrogen-bond acceptors (Lipinski definition) is 3. The molecular weight excluding hydrogens is 260 g/mol. The highest BCUT2D eigenvalue weighted by Gasteiger charge is 2.23. The van der Waals surface area contributed by atoms with Crippen molar-refractivity contribution in [1.82, 2.24) is 9.80 Å². The highest BCUT2D eigenvalue weighted by Crippen LogP contribution is 2.23. The van der Waals surface area contributed by atoms with Crippen LogP contribution >= 0.6 is 0 Å². The van der Waals surface area contributed by atoms with Crippen LogP contribution in [0.3, 0.4) is 0 Å². The van der Waals surface area contributed by atoms with Crippen molar-refractivity contribution in [3.8, 4) is 0 Å². The van der Waals surface area contributed by atoms with Gasteiger partial charge in [0.15, 0.2) is 5.78 Å². The lowest BCUT2D eigenvalue weighted by molar-refractivity contribution is 0.103. The molecule has 0 saturated carbocycles. The summed E-state index contributed by atoms with van der Waals surface area (Å²) in [6.45, 7) is 6.39. The predicted molar refractivity (Wildman–Crippen MR) is 85.2 cm³/mol. The zero-order chi connectivity index (χ0) is 14.7. The topological polar surface area (TPSA) is 23.6 Å². The number of carbonyl (C=O) groups is 1. The van der Waals surface area contributed by atoms with Crippen molar-refractivity contribution in [2.75, 3.05) is 26.2 Å². The van der Waals surface area contributed by atoms with E-state index in [1.165, 1.54) is 31.2 Å². The van der Waals surface area contributed by atoms with Crippen LogP contribution in [0.1, 0.15) is 41.6 Å². The Kier molecular flexibility index (Phi) is 4.28. The lowest BCUT2D eigenvalue weighted by Gasteiger charge is -2.30. The molecule has 0 unspecified atom stereocenters. The van der Waals surface area contributed by atoms with Gasteiger partial charge in [0, 0.05) is 37.8 Å². The molecule has 1 aromatic rings. The molecule has 0 amide bonds. The molecule has 2 fully saturated rings. The van der Waals surface area contributed by atoms with Crippen molar-refractivity contribution in [2.45, 2.75) is 32.6 Å². The summed E-state index contributed by atoms with van der Waals surface area (Å²) in [7, 11) is 0. The van der Waals surface area contributed by atoms with Crippen LogP contribution in [0.2, 0.25) is 0 Å². The summed E-state index contributed by atoms with van der Waals surface area (Å²) in [6.07, 6.45) is 6.82. The Labute approximate surface area is 127 Å². The van der Waals surface area contributed by atoms with Crippen LogP contribution in [0.15, 0.2) is 36.2 Å². The van der Waals surface area contributed by atoms with Gasteiger partial charge in [-0.15, -0.1) is 0 Å². The maximum atomic E-state index is 12.6. The average molecular weight is 284 g/mol. The Morgan fingerprint density at radius 3 is 1.86 bits per heavy atom. The molecule has 0 aliphatic carbocycles. The molecule has 0 aromatic heterocycles. The standard InChI is InChI=1S/C18H24N2O/c1-15-6-8-16(9-7-15)17(21)14-18(19-10-2-3-11-19)20-12-4-5-13-20/h6-9,14H,2-5,10-13H2,1H3. The smallest absolute Gasteiger partial charge is 0.189 e. The van der Waals surface area contributed by atoms with Crippen LogP contribution in [-0.2, 0) is 0 Å². The van der Waals surface area contributed by atoms with Crippen LogP contribution in [-0.4, -0.2) is 41.8 Å². The zero-order valence-electron chi connectivity index (χ0n) is 12.8. The average Bonchev–Trinajstić information content (AvgIpc) is 3.19. The van der Waals surface area contributed by atoms with Crippen LogP contribution in [0, 0.1) is 6.92 Å². The number of likely N-dealkylation sites (tertiary alicyclic amines) is 2. The van der Waals surface area contributed by atoms with E-state index in [0.717, 1.165) is 37.6 Å². The number of hydrogen-bond donors (Lipinski definition) is 0. The van der Waals surface area contributed by atoms with Crippen molar-refractivity contribution in [2.24, 2.45) is 0 Å². The lowest BCUT2D eigenvalue weighted by atomic mass is 10.1. The first-order chi connectivity index (χ1) is 10.2. The highest BCUT2D eigenvalue weighted by atomic mass is 16.1. The van der Waals surface area contributed by atoms with Crippen molar-refractivity contribution in [3.05, 3.63) is 47.3 Å². The Bertz CT molecular complexity index is 503. The van der Waals surface area contributed by atoms with E-state index < -0.39 is 0 Å². The molecule has 2 saturated heterocycles. The zero-order valence-corrected chi connectivity index (χ0v) is 12.8. The van der Waals surface area contributed by atoms with E-state index in [4.69, 9.17) is 0 Å². The van der Waals surface area contributed by atoms with E-state index in [9.17, 15) is 4.79 Å². The minimum Gasteiger partial charge on any atom is -0.358 e. The largest absolute Gasteiger partial charge is 0.358 e. The first-order valence-electron chi connectivity index (χ1n) is 8.06. The quantitative estimate of drug-likeness (QED) is 0.626. The first-order valence-corrected chi connectivity index (χ1v) is 8.06. The molecule has 0 N–H and O–H groups in total. The molecule has 1 aromatic carbocycles. The lowest BCUT2D eigenvalue weighted by Crippen LogP contribution is -2.32. The highest BCUT2D eigenvalue weighted by molar-refractivity contribution is 6.04. The number of carbonyl (C=O) groups excluding carboxylic acids is 1. The SMILES string of the molecule is Cc1ccc(C(=O)C=C(N2CCCC2)N2CCCC2)cc1. The molecule has 0 bridgehead atoms. The van der Waals surface area contributed by atoms with Crippen molar-refractivity contribution >= 4 is 5.78 Å². The van der Waals surface area contributed by atoms with Gasteiger partial charge in [-0.3, -0.25) is 4.79 Å². The van der Waals surface area contributed by atoms with Crippen LogP contribution in [0.4, 0.5) is 0 Å². The number of aryl methyl sites for hydroxylation is 1. The predicted octanol–water partition coefficient (Wildman–Crippen LogP) is 3.21. The summed E-state index contributed by atoms with van der Waals surface area (Å²) >= 11 is 0. The van der Waals surface area contributed by atoms with E-state index >= 15 is 0 Å². The molecule has 0 spiro atoms. The van der Waals surface area contributed by atoms with Gasteiger partial charge in [0.25, 0.3) is 0 Å². The molecule has 0 radical (unpaired) electrons. The van der Waals surface area contributed by atoms with Gasteiger partial charge in [-0.2, -0.15) is 0 Å². The maximum absolute atomic E-state index is 12.6. The second kappa shape index (κ2) is 6.33. The monoisotopic (exact) mass is 284 g/mol. The Morgan fingerprint density at radius 1 is 0.905 bits per heavy atom. The van der Waals surface area contributed by atoms with Gasteiger partial charge in [0.2, 0.25) is 0 Å². The van der Waals surface area contributed by atoms with Crippen molar-refractivity contribution in [1.29, 1.82) is 0 Å². The Hall–Kier alpha value is -1.77. The minimum absolute atomic E-state index is 0.129. The number of benzene rings is 1. The number of ketones is 1. The Morgan fingerprint density at radius 2 is 1.38 bits per heavy atom. The first kappa shape index (κ1) is 14.2. The van der Waals surface area contributed by atoms with Gasteiger partial charge < -0.3 is 9.80 Å². The van der Waals surface area contributed by atoms with Gasteiger partial charge in [-0.25, -0.2) is 0 Å². The number of nitrogens with zero attached hydrogens (tertiary/aromatic N) is 2. The van der Waals surface area contributed by atoms with Gasteiger partial charge in [0.05, 0.1) is 0 Å². The normalized spacial score (nSPS) is 18.1. The fourth-order valence-corrected chi connectivity index (χ4v) is 3.19. The van der Waals surface area contributed by atoms with Gasteiger partial charge in [0.1, 0.15) is 5.82 Å². The number of rotatable bonds is 4. The van der Waals surface area contributed by atoms with E-state index in [1.54, 1.807) is 0 Å². The molecule has 2 heterocycles. The molecule has 21 heavy (non-hydrogen) atoms. The van der Waals surface area contributed by atoms with Crippen LogP contribution in [0.5, 0.6) is 0 Å². The summed E-state index contributed by atoms with van der Waals surface area (Å²) in [5.41, 5.74) is 1.98. The van der Waals surface area contributed by atoms with E-state index in [-0.39, 0.29) is 5.78 Å². The maximum Gasteiger partial charge on any atom is 0.189 e. The molecule has 0 atom stereocenters. The summed E-state index contributed by atoms with van der Waals surface area (Å²) in [5, 5.41) is 0. The Balaban J connectivity index is 1.83. The molecule has 112 valence electrons. The third kappa shape index (κ3) is 3.29. The van der Waals surface area contributed by atoms with Crippen LogP contribution < -0.4 is 0 Å². The van der Waals surface area contributed by atoms with Gasteiger partial charge in [-0.05, 0) is 32.6 Å². The minimum atomic E-state index is 0.129. The van der Waals surface area contributed by atoms with Gasteiger partial charge in [-0.1, -0.05) is 29.8 Å². The third-order valence-electron chi connectivity index (χ3n) is 4.46. The molecule has 3 heteroatoms. The molecule has 3 rings (SSSR count). The summed E-state index contributed by atoms with van der Waals surface area (Å²) in [4.78, 5) is 17.3. The summed E-state index contributed by atoms with van der Waals surface area (Å²) < 4.78 is 0. The molecule has 2 aliphatic heterocycles. The fraction of sp³-hybridized carbons (Fsp3) is 0.500. The van der Waals surface area contributed by atoms with Crippen molar-refractivity contribution in [3.63, 3.8) is 0 Å². The molecule has 3 nitrogen and oxygen atoms in total. The molecule has 2 aliphatic rings. The van der Waals surface area contributed by atoms with E-state index in [1.807, 2.05) is 37.3 Å². The summed E-state index contributed by atoms with van der Waals surface area (Å²) in [5.74, 6) is 1.28. The molecular formula is C18H24N2O. The van der Waals surface area contributed by atoms with E-state index in [0.29, 0.717) is 0 Å². The third-order valence-corrected chi connectivity index (χ3v) is 4.46. The van der Waals surface area contributed by atoms with Crippen molar-refractivity contribution < 1.29 is 4.79 Å². The second-order valence-corrected chi connectivity index (χ2v) is 6.12. The van der Waals surface area contributed by atoms with Crippen LogP contribution in [0.25, 0.3) is 0 Å². The van der Waals surface area contributed by atoms with Gasteiger partial charge >= 0.3 is 0 Å². The number of allylic oxidation sites excluding steroid dienone is 1. The summed E-state index contributed by atoms with van der Waals surface area (Å²) in [6, 6.07) is 7.87. The van der Waals surface area contributed by atoms with E-state index in [2.05, 4.69) is 9.80 Å². The second-order valence-electron chi connectivity index (χ2n) is 6.12. The fourth-order valence-electron chi connectivity index (χ4n) is 3.19.